The molecule has 4 saturated carbocycles. The quantitative estimate of drug-likeness (QED) is 0.547. The van der Waals surface area contributed by atoms with Crippen LogP contribution in [0.15, 0.2) is 0 Å². The third-order valence-corrected chi connectivity index (χ3v) is 12.0. The molecular formula is C27H45NO2. The molecule has 2 N–H and O–H groups in total. The highest BCUT2D eigenvalue weighted by molar-refractivity contribution is 5.15. The lowest BCUT2D eigenvalue weighted by Gasteiger charge is -2.61. The van der Waals surface area contributed by atoms with Gasteiger partial charge in [0.1, 0.15) is 0 Å². The minimum Gasteiger partial charge on any atom is -0.349 e. The van der Waals surface area contributed by atoms with Gasteiger partial charge in [0.2, 0.25) is 0 Å². The van der Waals surface area contributed by atoms with Crippen molar-refractivity contribution in [3.8, 4) is 0 Å². The Morgan fingerprint density at radius 2 is 1.63 bits per heavy atom. The molecule has 2 saturated heterocycles. The molecule has 0 aromatic carbocycles. The van der Waals surface area contributed by atoms with Gasteiger partial charge in [-0.3, -0.25) is 0 Å². The van der Waals surface area contributed by atoms with Crippen LogP contribution in [0.4, 0.5) is 0 Å². The largest absolute Gasteiger partial charge is 0.349 e. The van der Waals surface area contributed by atoms with Gasteiger partial charge in [-0.05, 0) is 104 Å². The molecule has 0 aromatic rings. The Morgan fingerprint density at radius 1 is 0.833 bits per heavy atom. The van der Waals surface area contributed by atoms with Gasteiger partial charge in [0.25, 0.3) is 0 Å². The first-order valence-electron chi connectivity index (χ1n) is 13.3. The molecule has 0 radical (unpaired) electrons. The summed E-state index contributed by atoms with van der Waals surface area (Å²) in [5.74, 6) is 5.25. The average molecular weight is 416 g/mol. The van der Waals surface area contributed by atoms with Crippen LogP contribution in [0, 0.1) is 52.3 Å². The molecule has 2 heterocycles. The summed E-state index contributed by atoms with van der Waals surface area (Å²) < 4.78 is 13.4. The van der Waals surface area contributed by atoms with E-state index in [-0.39, 0.29) is 5.79 Å². The lowest BCUT2D eigenvalue weighted by molar-refractivity contribution is -0.273. The summed E-state index contributed by atoms with van der Waals surface area (Å²) in [4.78, 5) is 0. The van der Waals surface area contributed by atoms with Crippen molar-refractivity contribution in [1.29, 1.82) is 0 Å². The molecule has 4 aliphatic carbocycles. The minimum atomic E-state index is -0.268. The van der Waals surface area contributed by atoms with E-state index in [9.17, 15) is 0 Å². The first-order chi connectivity index (χ1) is 14.3. The fraction of sp³-hybridized carbons (Fsp3) is 1.00. The van der Waals surface area contributed by atoms with Gasteiger partial charge in [-0.25, -0.2) is 0 Å². The van der Waals surface area contributed by atoms with Crippen LogP contribution in [-0.2, 0) is 9.47 Å². The first-order valence-corrected chi connectivity index (χ1v) is 13.3. The Morgan fingerprint density at radius 3 is 2.40 bits per heavy atom. The number of hydrogen-bond acceptors (Lipinski definition) is 3. The number of hydrogen-bond donors (Lipinski definition) is 1. The molecule has 6 rings (SSSR count). The zero-order valence-corrected chi connectivity index (χ0v) is 19.9. The monoisotopic (exact) mass is 415 g/mol. The maximum atomic E-state index is 6.92. The van der Waals surface area contributed by atoms with Crippen molar-refractivity contribution in [2.45, 2.75) is 110 Å². The van der Waals surface area contributed by atoms with E-state index in [0.29, 0.717) is 40.7 Å². The van der Waals surface area contributed by atoms with Crippen molar-refractivity contribution in [2.75, 3.05) is 6.61 Å². The molecular weight excluding hydrogens is 370 g/mol. The molecule has 6 fully saturated rings. The van der Waals surface area contributed by atoms with Crippen molar-refractivity contribution in [2.24, 2.45) is 58.0 Å². The third kappa shape index (κ3) is 2.61. The van der Waals surface area contributed by atoms with Gasteiger partial charge in [-0.1, -0.05) is 27.7 Å². The molecule has 0 bridgehead atoms. The number of nitrogens with two attached hydrogens (primary N) is 1. The standard InChI is InChI=1S/C27H45NO2/c1-16-7-12-27(29-15-16)17(2)24-23(30-27)14-22-20-6-5-18-13-19(28)8-10-25(18,3)21(20)9-11-26(22,24)4/h16-24H,5-15,28H2,1-4H3/t16?,17-,18?,19+,20?,21?,22?,23-,24-,25-,26-,27+/m0/s1. The van der Waals surface area contributed by atoms with Gasteiger partial charge in [-0.15, -0.1) is 0 Å². The molecule has 0 amide bonds. The van der Waals surface area contributed by atoms with Crippen LogP contribution >= 0.6 is 0 Å². The highest BCUT2D eigenvalue weighted by atomic mass is 16.7. The fourth-order valence-electron chi connectivity index (χ4n) is 10.3. The van der Waals surface area contributed by atoms with E-state index < -0.39 is 0 Å². The number of fused-ring (bicyclic) bond motifs is 7. The van der Waals surface area contributed by atoms with Crippen molar-refractivity contribution < 1.29 is 9.47 Å². The Hall–Kier alpha value is -0.120. The first kappa shape index (κ1) is 20.5. The highest BCUT2D eigenvalue weighted by Gasteiger charge is 2.69. The minimum absolute atomic E-state index is 0.268. The summed E-state index contributed by atoms with van der Waals surface area (Å²) in [5.41, 5.74) is 7.40. The molecule has 2 aliphatic heterocycles. The van der Waals surface area contributed by atoms with Gasteiger partial charge in [0.05, 0.1) is 12.7 Å². The van der Waals surface area contributed by atoms with Crippen LogP contribution in [0.1, 0.15) is 91.9 Å². The summed E-state index contributed by atoms with van der Waals surface area (Å²) in [5, 5.41) is 0. The van der Waals surface area contributed by atoms with Crippen LogP contribution in [0.25, 0.3) is 0 Å². The lowest BCUT2D eigenvalue weighted by Crippen LogP contribution is -2.55. The van der Waals surface area contributed by atoms with Crippen molar-refractivity contribution in [3.63, 3.8) is 0 Å². The molecule has 5 unspecified atom stereocenters. The maximum Gasteiger partial charge on any atom is 0.171 e. The maximum absolute atomic E-state index is 6.92. The predicted molar refractivity (Wildman–Crippen MR) is 120 cm³/mol. The fourth-order valence-corrected chi connectivity index (χ4v) is 10.3. The highest BCUT2D eigenvalue weighted by Crippen LogP contribution is 2.71. The molecule has 12 atom stereocenters. The number of rotatable bonds is 0. The molecule has 30 heavy (non-hydrogen) atoms. The van der Waals surface area contributed by atoms with Crippen LogP contribution in [0.3, 0.4) is 0 Å². The van der Waals surface area contributed by atoms with Gasteiger partial charge in [-0.2, -0.15) is 0 Å². The van der Waals surface area contributed by atoms with Crippen molar-refractivity contribution in [3.05, 3.63) is 0 Å². The smallest absolute Gasteiger partial charge is 0.171 e. The van der Waals surface area contributed by atoms with Gasteiger partial charge in [0.15, 0.2) is 5.79 Å². The molecule has 170 valence electrons. The van der Waals surface area contributed by atoms with E-state index in [1.165, 1.54) is 57.8 Å². The molecule has 6 aliphatic rings. The average Bonchev–Trinajstić information content (AvgIpc) is 3.16. The van der Waals surface area contributed by atoms with E-state index in [2.05, 4.69) is 27.7 Å². The normalized spacial score (nSPS) is 62.5. The second-order valence-corrected chi connectivity index (χ2v) is 13.2. The summed E-state index contributed by atoms with van der Waals surface area (Å²) in [7, 11) is 0. The summed E-state index contributed by atoms with van der Waals surface area (Å²) in [6.45, 7) is 11.0. The Kier molecular flexibility index (Phi) is 4.58. The van der Waals surface area contributed by atoms with Crippen molar-refractivity contribution >= 4 is 0 Å². The van der Waals surface area contributed by atoms with E-state index in [1.54, 1.807) is 0 Å². The third-order valence-electron chi connectivity index (χ3n) is 12.0. The zero-order chi connectivity index (χ0) is 20.9. The van der Waals surface area contributed by atoms with Crippen LogP contribution in [0.5, 0.6) is 0 Å². The molecule has 3 heteroatoms. The molecule has 3 nitrogen and oxygen atoms in total. The Balaban J connectivity index is 1.26. The Labute approximate surface area is 184 Å². The second-order valence-electron chi connectivity index (χ2n) is 13.2. The SMILES string of the molecule is CC1CC[C@@]2(OC1)O[C@H]1CC3C4CCC5C[C@H](N)CC[C@]5(C)C4CC[C@]3(C)[C@H]1[C@@H]2C. The van der Waals surface area contributed by atoms with Gasteiger partial charge >= 0.3 is 0 Å². The predicted octanol–water partition coefficient (Wildman–Crippen LogP) is 5.76. The Bertz CT molecular complexity index is 686. The van der Waals surface area contributed by atoms with Crippen LogP contribution in [0.2, 0.25) is 0 Å². The van der Waals surface area contributed by atoms with E-state index in [0.717, 1.165) is 36.7 Å². The number of ether oxygens (including phenoxy) is 2. The van der Waals surface area contributed by atoms with E-state index >= 15 is 0 Å². The topological polar surface area (TPSA) is 44.5 Å². The van der Waals surface area contributed by atoms with Crippen LogP contribution < -0.4 is 5.73 Å². The molecule has 1 spiro atoms. The van der Waals surface area contributed by atoms with E-state index in [1.807, 2.05) is 0 Å². The summed E-state index contributed by atoms with van der Waals surface area (Å²) in [6.07, 6.45) is 13.7. The molecule has 0 aromatic heterocycles. The zero-order valence-electron chi connectivity index (χ0n) is 19.9. The van der Waals surface area contributed by atoms with Gasteiger partial charge < -0.3 is 15.2 Å². The van der Waals surface area contributed by atoms with E-state index in [4.69, 9.17) is 15.2 Å². The van der Waals surface area contributed by atoms with Crippen molar-refractivity contribution in [1.82, 2.24) is 0 Å². The summed E-state index contributed by atoms with van der Waals surface area (Å²) in [6, 6.07) is 0.461. The van der Waals surface area contributed by atoms with Crippen LogP contribution in [-0.4, -0.2) is 24.5 Å². The lowest BCUT2D eigenvalue weighted by atomic mass is 9.44. The van der Waals surface area contributed by atoms with Gasteiger partial charge in [0, 0.05) is 18.4 Å². The summed E-state index contributed by atoms with van der Waals surface area (Å²) >= 11 is 0. The second kappa shape index (κ2) is 6.70.